The predicted molar refractivity (Wildman–Crippen MR) is 106 cm³/mol. The fourth-order valence-corrected chi connectivity index (χ4v) is 3.63. The van der Waals surface area contributed by atoms with Crippen LogP contribution >= 0.6 is 0 Å². The molecule has 0 atom stereocenters. The van der Waals surface area contributed by atoms with Crippen molar-refractivity contribution >= 4 is 17.6 Å². The molecule has 2 aliphatic heterocycles. The predicted octanol–water partition coefficient (Wildman–Crippen LogP) is 2.07. The van der Waals surface area contributed by atoms with Gasteiger partial charge >= 0.3 is 6.18 Å². The standard InChI is InChI=1S/C19H24F3N7O/c1-13-11-16(28-7-9-30-10-8-28)26-18(23-13)29-5-3-27(4-6-29)17-12-15(19(20,21)22)24-14(2)25-17/h11-12H,3-10H2,1-2H3. The highest BCUT2D eigenvalue weighted by molar-refractivity contribution is 5.48. The third kappa shape index (κ3) is 4.55. The lowest BCUT2D eigenvalue weighted by Crippen LogP contribution is -2.47. The maximum absolute atomic E-state index is 13.1. The monoisotopic (exact) mass is 423 g/mol. The van der Waals surface area contributed by atoms with Gasteiger partial charge in [-0.2, -0.15) is 18.2 Å². The normalized spacial score (nSPS) is 18.1. The molecule has 0 aromatic carbocycles. The van der Waals surface area contributed by atoms with E-state index >= 15 is 0 Å². The molecule has 0 saturated carbocycles. The minimum Gasteiger partial charge on any atom is -0.378 e. The molecular weight excluding hydrogens is 399 g/mol. The number of nitrogens with zero attached hydrogens (tertiary/aromatic N) is 7. The SMILES string of the molecule is Cc1cc(N2CCOCC2)nc(N2CCN(c3cc(C(F)(F)F)nc(C)n3)CC2)n1. The first-order valence-corrected chi connectivity index (χ1v) is 9.91. The molecule has 2 saturated heterocycles. The van der Waals surface area contributed by atoms with E-state index in [1.807, 2.05) is 17.9 Å². The minimum absolute atomic E-state index is 0.111. The molecular formula is C19H24F3N7O. The molecule has 8 nitrogen and oxygen atoms in total. The summed E-state index contributed by atoms with van der Waals surface area (Å²) in [5.41, 5.74) is -0.0326. The van der Waals surface area contributed by atoms with Gasteiger partial charge in [-0.3, -0.25) is 0 Å². The van der Waals surface area contributed by atoms with Crippen molar-refractivity contribution in [1.82, 2.24) is 19.9 Å². The van der Waals surface area contributed by atoms with Crippen LogP contribution < -0.4 is 14.7 Å². The van der Waals surface area contributed by atoms with Gasteiger partial charge in [0.25, 0.3) is 0 Å². The van der Waals surface area contributed by atoms with Gasteiger partial charge in [0.2, 0.25) is 5.95 Å². The Balaban J connectivity index is 1.47. The molecule has 162 valence electrons. The van der Waals surface area contributed by atoms with Gasteiger partial charge in [-0.15, -0.1) is 0 Å². The molecule has 11 heteroatoms. The summed E-state index contributed by atoms with van der Waals surface area (Å²) in [7, 11) is 0. The Hall–Kier alpha value is -2.69. The van der Waals surface area contributed by atoms with Crippen LogP contribution in [0, 0.1) is 13.8 Å². The van der Waals surface area contributed by atoms with Crippen molar-refractivity contribution in [3.8, 4) is 0 Å². The highest BCUT2D eigenvalue weighted by atomic mass is 19.4. The summed E-state index contributed by atoms with van der Waals surface area (Å²) in [6.45, 7) is 8.58. The van der Waals surface area contributed by atoms with Crippen LogP contribution in [0.4, 0.5) is 30.8 Å². The highest BCUT2D eigenvalue weighted by Gasteiger charge is 2.34. The van der Waals surface area contributed by atoms with Gasteiger partial charge in [0, 0.05) is 57.1 Å². The lowest BCUT2D eigenvalue weighted by atomic mass is 10.3. The van der Waals surface area contributed by atoms with Crippen molar-refractivity contribution in [3.63, 3.8) is 0 Å². The summed E-state index contributed by atoms with van der Waals surface area (Å²) in [5.74, 6) is 1.93. The summed E-state index contributed by atoms with van der Waals surface area (Å²) in [6.07, 6.45) is -4.49. The second-order valence-corrected chi connectivity index (χ2v) is 7.40. The largest absolute Gasteiger partial charge is 0.433 e. The molecule has 4 heterocycles. The second kappa shape index (κ2) is 8.21. The molecule has 0 N–H and O–H groups in total. The van der Waals surface area contributed by atoms with Crippen molar-refractivity contribution in [1.29, 1.82) is 0 Å². The number of hydrogen-bond acceptors (Lipinski definition) is 8. The molecule has 0 radical (unpaired) electrons. The van der Waals surface area contributed by atoms with Crippen molar-refractivity contribution in [3.05, 3.63) is 29.3 Å². The topological polar surface area (TPSA) is 70.5 Å². The molecule has 0 spiro atoms. The Morgan fingerprint density at radius 2 is 1.37 bits per heavy atom. The van der Waals surface area contributed by atoms with E-state index in [2.05, 4.69) is 24.8 Å². The van der Waals surface area contributed by atoms with Crippen molar-refractivity contribution in [2.45, 2.75) is 20.0 Å². The molecule has 4 rings (SSSR count). The number of anilines is 3. The third-order valence-corrected chi connectivity index (χ3v) is 5.17. The van der Waals surface area contributed by atoms with Gasteiger partial charge in [0.05, 0.1) is 13.2 Å². The van der Waals surface area contributed by atoms with Crippen LogP contribution in [0.5, 0.6) is 0 Å². The Labute approximate surface area is 172 Å². The fraction of sp³-hybridized carbons (Fsp3) is 0.579. The molecule has 0 amide bonds. The van der Waals surface area contributed by atoms with E-state index in [4.69, 9.17) is 9.72 Å². The van der Waals surface area contributed by atoms with Gasteiger partial charge in [0.1, 0.15) is 23.2 Å². The van der Waals surface area contributed by atoms with Gasteiger partial charge in [-0.1, -0.05) is 0 Å². The summed E-state index contributed by atoms with van der Waals surface area (Å²) >= 11 is 0. The van der Waals surface area contributed by atoms with Crippen LogP contribution in [0.25, 0.3) is 0 Å². The Bertz CT molecular complexity index is 894. The van der Waals surface area contributed by atoms with Crippen LogP contribution in [0.15, 0.2) is 12.1 Å². The molecule has 2 fully saturated rings. The smallest absolute Gasteiger partial charge is 0.378 e. The van der Waals surface area contributed by atoms with E-state index in [-0.39, 0.29) is 5.82 Å². The quantitative estimate of drug-likeness (QED) is 0.743. The number of hydrogen-bond donors (Lipinski definition) is 0. The second-order valence-electron chi connectivity index (χ2n) is 7.40. The Morgan fingerprint density at radius 3 is 2.03 bits per heavy atom. The molecule has 0 unspecified atom stereocenters. The molecule has 2 aromatic heterocycles. The van der Waals surface area contributed by atoms with E-state index in [0.29, 0.717) is 51.2 Å². The first kappa shape index (κ1) is 20.6. The van der Waals surface area contributed by atoms with Crippen molar-refractivity contribution in [2.75, 3.05) is 67.2 Å². The lowest BCUT2D eigenvalue weighted by Gasteiger charge is -2.36. The zero-order chi connectivity index (χ0) is 21.3. The molecule has 0 aliphatic carbocycles. The van der Waals surface area contributed by atoms with E-state index in [9.17, 15) is 13.2 Å². The molecule has 2 aliphatic rings. The van der Waals surface area contributed by atoms with Gasteiger partial charge in [0.15, 0.2) is 0 Å². The van der Waals surface area contributed by atoms with Crippen LogP contribution in [-0.2, 0) is 10.9 Å². The number of aryl methyl sites for hydroxylation is 2. The third-order valence-electron chi connectivity index (χ3n) is 5.17. The van der Waals surface area contributed by atoms with Crippen LogP contribution in [0.2, 0.25) is 0 Å². The average Bonchev–Trinajstić information content (AvgIpc) is 2.73. The fourth-order valence-electron chi connectivity index (χ4n) is 3.63. The first-order chi connectivity index (χ1) is 14.3. The number of alkyl halides is 3. The maximum atomic E-state index is 13.1. The van der Waals surface area contributed by atoms with E-state index in [0.717, 1.165) is 30.7 Å². The van der Waals surface area contributed by atoms with Crippen LogP contribution in [0.3, 0.4) is 0 Å². The molecule has 2 aromatic rings. The van der Waals surface area contributed by atoms with Gasteiger partial charge < -0.3 is 19.4 Å². The van der Waals surface area contributed by atoms with E-state index in [1.54, 1.807) is 0 Å². The number of halogens is 3. The number of morpholine rings is 1. The van der Waals surface area contributed by atoms with E-state index < -0.39 is 11.9 Å². The summed E-state index contributed by atoms with van der Waals surface area (Å²) in [4.78, 5) is 23.1. The maximum Gasteiger partial charge on any atom is 0.433 e. The Kier molecular flexibility index (Phi) is 5.63. The summed E-state index contributed by atoms with van der Waals surface area (Å²) in [6, 6.07) is 2.98. The van der Waals surface area contributed by atoms with Crippen molar-refractivity contribution in [2.24, 2.45) is 0 Å². The summed E-state index contributed by atoms with van der Waals surface area (Å²) < 4.78 is 44.7. The Morgan fingerprint density at radius 1 is 0.767 bits per heavy atom. The van der Waals surface area contributed by atoms with Crippen LogP contribution in [0.1, 0.15) is 17.2 Å². The zero-order valence-electron chi connectivity index (χ0n) is 17.0. The summed E-state index contributed by atoms with van der Waals surface area (Å²) in [5, 5.41) is 0. The van der Waals surface area contributed by atoms with Gasteiger partial charge in [-0.05, 0) is 13.8 Å². The average molecular weight is 423 g/mol. The zero-order valence-corrected chi connectivity index (χ0v) is 17.0. The minimum atomic E-state index is -4.49. The number of piperazine rings is 1. The van der Waals surface area contributed by atoms with Gasteiger partial charge in [-0.25, -0.2) is 15.0 Å². The van der Waals surface area contributed by atoms with E-state index in [1.165, 1.54) is 6.92 Å². The highest BCUT2D eigenvalue weighted by Crippen LogP contribution is 2.30. The van der Waals surface area contributed by atoms with Crippen molar-refractivity contribution < 1.29 is 17.9 Å². The molecule has 30 heavy (non-hydrogen) atoms. The number of rotatable bonds is 3. The van der Waals surface area contributed by atoms with Crippen LogP contribution in [-0.4, -0.2) is 72.4 Å². The molecule has 0 bridgehead atoms. The number of ether oxygens (including phenoxy) is 1. The number of aromatic nitrogens is 4. The first-order valence-electron chi connectivity index (χ1n) is 9.91. The lowest BCUT2D eigenvalue weighted by molar-refractivity contribution is -0.141.